The molecule has 0 unspecified atom stereocenters. The second kappa shape index (κ2) is 18.5. The van der Waals surface area contributed by atoms with Crippen LogP contribution in [-0.4, -0.2) is 0 Å². The second-order valence-corrected chi connectivity index (χ2v) is 6.73. The van der Waals surface area contributed by atoms with Crippen LogP contribution in [0.5, 0.6) is 0 Å². The molecule has 0 rings (SSSR count). The summed E-state index contributed by atoms with van der Waals surface area (Å²) in [5.41, 5.74) is 0. The summed E-state index contributed by atoms with van der Waals surface area (Å²) in [4.78, 5) is 0. The summed E-state index contributed by atoms with van der Waals surface area (Å²) in [7, 11) is 0. The first-order chi connectivity index (χ1) is 10.8. The monoisotopic (exact) mass is 305 g/mol. The molecule has 0 saturated heterocycles. The Kier molecular flexibility index (Phi) is 18.1. The number of hydrogen-bond acceptors (Lipinski definition) is 0. The van der Waals surface area contributed by atoms with Gasteiger partial charge in [-0.1, -0.05) is 103 Å². The quantitative estimate of drug-likeness (QED) is 0.177. The van der Waals surface area contributed by atoms with Crippen LogP contribution in [0.4, 0.5) is 0 Å². The van der Waals surface area contributed by atoms with Crippen molar-refractivity contribution in [2.45, 2.75) is 110 Å². The summed E-state index contributed by atoms with van der Waals surface area (Å²) in [5.74, 6) is 1.60. The van der Waals surface area contributed by atoms with E-state index >= 15 is 0 Å². The molecule has 0 atom stereocenters. The lowest BCUT2D eigenvalue weighted by Crippen LogP contribution is -1.95. The molecule has 0 fully saturated rings. The largest absolute Gasteiger partial charge is 0.103 e. The Hall–Kier alpha value is -0.520. The average molecular weight is 306 g/mol. The topological polar surface area (TPSA) is 0 Å². The fourth-order valence-electron chi connectivity index (χ4n) is 3.09. The second-order valence-electron chi connectivity index (χ2n) is 6.73. The standard InChI is InChI=1S/C22H41/c1-4-7-8-9-10-11-12-13-14-15-16-17-18-21-22(19-5-2)20-6-3/h5-6H,2-4,7-21H2,1H3. The van der Waals surface area contributed by atoms with Crippen molar-refractivity contribution in [2.24, 2.45) is 0 Å². The molecule has 0 saturated carbocycles. The maximum Gasteiger partial charge on any atom is -0.0166 e. The van der Waals surface area contributed by atoms with Crippen LogP contribution in [0.1, 0.15) is 110 Å². The Morgan fingerprint density at radius 2 is 0.955 bits per heavy atom. The van der Waals surface area contributed by atoms with E-state index in [4.69, 9.17) is 0 Å². The highest BCUT2D eigenvalue weighted by molar-refractivity contribution is 5.00. The van der Waals surface area contributed by atoms with Gasteiger partial charge in [0.25, 0.3) is 0 Å². The van der Waals surface area contributed by atoms with E-state index in [0.29, 0.717) is 0 Å². The molecule has 0 aromatic heterocycles. The first kappa shape index (κ1) is 21.5. The molecule has 0 heterocycles. The summed E-state index contributed by atoms with van der Waals surface area (Å²) in [6, 6.07) is 0. The van der Waals surface area contributed by atoms with Gasteiger partial charge in [0, 0.05) is 0 Å². The van der Waals surface area contributed by atoms with Gasteiger partial charge in [0.15, 0.2) is 0 Å². The molecular weight excluding hydrogens is 264 g/mol. The molecule has 0 amide bonds. The molecule has 0 aliphatic heterocycles. The van der Waals surface area contributed by atoms with Crippen LogP contribution in [0.2, 0.25) is 0 Å². The molecule has 0 aliphatic carbocycles. The van der Waals surface area contributed by atoms with Crippen molar-refractivity contribution < 1.29 is 0 Å². The predicted molar refractivity (Wildman–Crippen MR) is 103 cm³/mol. The van der Waals surface area contributed by atoms with Crippen LogP contribution in [0.25, 0.3) is 0 Å². The molecule has 0 spiro atoms. The van der Waals surface area contributed by atoms with Crippen molar-refractivity contribution in [3.8, 4) is 0 Å². The third kappa shape index (κ3) is 15.9. The number of unbranched alkanes of at least 4 members (excludes halogenated alkanes) is 12. The molecule has 0 aliphatic rings. The third-order valence-electron chi connectivity index (χ3n) is 4.50. The van der Waals surface area contributed by atoms with Gasteiger partial charge in [-0.3, -0.25) is 0 Å². The van der Waals surface area contributed by atoms with Gasteiger partial charge in [-0.15, -0.1) is 13.2 Å². The third-order valence-corrected chi connectivity index (χ3v) is 4.50. The minimum atomic E-state index is 1.07. The molecule has 0 aromatic carbocycles. The maximum absolute atomic E-state index is 3.84. The van der Waals surface area contributed by atoms with E-state index < -0.39 is 0 Å². The van der Waals surface area contributed by atoms with E-state index in [1.165, 1.54) is 89.9 Å². The lowest BCUT2D eigenvalue weighted by Gasteiger charge is -2.11. The lowest BCUT2D eigenvalue weighted by molar-refractivity contribution is 0.534. The summed E-state index contributed by atoms with van der Waals surface area (Å²) >= 11 is 0. The molecule has 22 heavy (non-hydrogen) atoms. The van der Waals surface area contributed by atoms with Crippen molar-refractivity contribution in [3.63, 3.8) is 0 Å². The molecule has 0 N–H and O–H groups in total. The van der Waals surface area contributed by atoms with E-state index in [0.717, 1.165) is 12.8 Å². The number of allylic oxidation sites excluding steroid dienone is 2. The molecular formula is C22H41. The van der Waals surface area contributed by atoms with E-state index in [9.17, 15) is 0 Å². The van der Waals surface area contributed by atoms with Crippen LogP contribution in [-0.2, 0) is 0 Å². The van der Waals surface area contributed by atoms with Gasteiger partial charge in [-0.05, 0) is 25.2 Å². The highest BCUT2D eigenvalue weighted by Gasteiger charge is 2.04. The Labute approximate surface area is 141 Å². The fraction of sp³-hybridized carbons (Fsp3) is 0.773. The Bertz CT molecular complexity index is 218. The van der Waals surface area contributed by atoms with Crippen LogP contribution in [0, 0.1) is 5.92 Å². The first-order valence-electron chi connectivity index (χ1n) is 9.90. The average Bonchev–Trinajstić information content (AvgIpc) is 2.52. The summed E-state index contributed by atoms with van der Waals surface area (Å²) in [5, 5.41) is 0. The zero-order chi connectivity index (χ0) is 16.3. The predicted octanol–water partition coefficient (Wildman–Crippen LogP) is 8.19. The number of hydrogen-bond donors (Lipinski definition) is 0. The molecule has 0 aromatic rings. The first-order valence-corrected chi connectivity index (χ1v) is 9.90. The maximum atomic E-state index is 3.84. The SMILES string of the molecule is C=CC[C](CC=C)CCCCCCCCCCCCCCC. The Morgan fingerprint density at radius 1 is 0.591 bits per heavy atom. The lowest BCUT2D eigenvalue weighted by atomic mass is 9.94. The van der Waals surface area contributed by atoms with Gasteiger partial charge in [0.2, 0.25) is 0 Å². The highest BCUT2D eigenvalue weighted by Crippen LogP contribution is 2.21. The van der Waals surface area contributed by atoms with Crippen molar-refractivity contribution >= 4 is 0 Å². The van der Waals surface area contributed by atoms with Crippen LogP contribution in [0.15, 0.2) is 25.3 Å². The van der Waals surface area contributed by atoms with Crippen LogP contribution in [0.3, 0.4) is 0 Å². The minimum Gasteiger partial charge on any atom is -0.103 e. The Morgan fingerprint density at radius 3 is 1.32 bits per heavy atom. The van der Waals surface area contributed by atoms with Gasteiger partial charge < -0.3 is 0 Å². The van der Waals surface area contributed by atoms with Gasteiger partial charge in [0.05, 0.1) is 0 Å². The zero-order valence-corrected chi connectivity index (χ0v) is 15.4. The van der Waals surface area contributed by atoms with E-state index in [2.05, 4.69) is 20.1 Å². The molecule has 0 nitrogen and oxygen atoms in total. The summed E-state index contributed by atoms with van der Waals surface area (Å²) < 4.78 is 0. The zero-order valence-electron chi connectivity index (χ0n) is 15.4. The van der Waals surface area contributed by atoms with Crippen molar-refractivity contribution in [3.05, 3.63) is 31.2 Å². The van der Waals surface area contributed by atoms with Crippen LogP contribution >= 0.6 is 0 Å². The number of rotatable bonds is 18. The van der Waals surface area contributed by atoms with Crippen molar-refractivity contribution in [2.75, 3.05) is 0 Å². The highest BCUT2D eigenvalue weighted by atomic mass is 14.1. The molecule has 129 valence electrons. The van der Waals surface area contributed by atoms with E-state index in [1.807, 2.05) is 12.2 Å². The minimum absolute atomic E-state index is 1.07. The van der Waals surface area contributed by atoms with Crippen molar-refractivity contribution in [1.82, 2.24) is 0 Å². The van der Waals surface area contributed by atoms with E-state index in [-0.39, 0.29) is 0 Å². The van der Waals surface area contributed by atoms with Gasteiger partial charge in [0.1, 0.15) is 0 Å². The summed E-state index contributed by atoms with van der Waals surface area (Å²) in [6.07, 6.45) is 26.1. The normalized spacial score (nSPS) is 11.0. The molecule has 0 bridgehead atoms. The van der Waals surface area contributed by atoms with Crippen molar-refractivity contribution in [1.29, 1.82) is 0 Å². The Balaban J connectivity index is 3.19. The fourth-order valence-corrected chi connectivity index (χ4v) is 3.09. The van der Waals surface area contributed by atoms with E-state index in [1.54, 1.807) is 5.92 Å². The van der Waals surface area contributed by atoms with Gasteiger partial charge in [-0.2, -0.15) is 0 Å². The van der Waals surface area contributed by atoms with Crippen LogP contribution < -0.4 is 0 Å². The molecule has 1 radical (unpaired) electrons. The summed E-state index contributed by atoms with van der Waals surface area (Å²) in [6.45, 7) is 9.97. The smallest absolute Gasteiger partial charge is 0.0166 e. The molecule has 0 heteroatoms. The van der Waals surface area contributed by atoms with Gasteiger partial charge in [-0.25, -0.2) is 0 Å². The van der Waals surface area contributed by atoms with Gasteiger partial charge >= 0.3 is 0 Å².